The van der Waals surface area contributed by atoms with Gasteiger partial charge >= 0.3 is 0 Å². The van der Waals surface area contributed by atoms with Crippen molar-refractivity contribution in [2.75, 3.05) is 11.1 Å². The maximum absolute atomic E-state index is 12.0. The zero-order valence-corrected chi connectivity index (χ0v) is 13.4. The maximum Gasteiger partial charge on any atom is 0.234 e. The van der Waals surface area contributed by atoms with E-state index in [4.69, 9.17) is 16.0 Å². The summed E-state index contributed by atoms with van der Waals surface area (Å²) < 4.78 is 6.84. The van der Waals surface area contributed by atoms with Crippen molar-refractivity contribution in [3.63, 3.8) is 0 Å². The van der Waals surface area contributed by atoms with Crippen molar-refractivity contribution in [2.45, 2.75) is 11.7 Å². The highest BCUT2D eigenvalue weighted by atomic mass is 35.5. The zero-order chi connectivity index (χ0) is 16.1. The third-order valence-corrected chi connectivity index (χ3v) is 4.02. The van der Waals surface area contributed by atoms with Crippen LogP contribution >= 0.6 is 23.4 Å². The lowest BCUT2D eigenvalue weighted by Gasteiger charge is -2.05. The van der Waals surface area contributed by atoms with Gasteiger partial charge in [0.15, 0.2) is 0 Å². The summed E-state index contributed by atoms with van der Waals surface area (Å²) in [5, 5.41) is 15.3. The highest BCUT2D eigenvalue weighted by Crippen LogP contribution is 2.18. The maximum atomic E-state index is 12.0. The fourth-order valence-corrected chi connectivity index (χ4v) is 2.71. The number of furan rings is 1. The number of carbonyl (C=O) groups excluding carboxylic acids is 1. The highest BCUT2D eigenvalue weighted by molar-refractivity contribution is 7.99. The fraction of sp³-hybridized carbons (Fsp3) is 0.143. The molecule has 3 rings (SSSR count). The number of nitrogens with one attached hydrogen (secondary N) is 1. The molecule has 0 bridgehead atoms. The number of halogens is 1. The summed E-state index contributed by atoms with van der Waals surface area (Å²) in [4.78, 5) is 12.0. The number of benzene rings is 1. The van der Waals surface area contributed by atoms with Gasteiger partial charge in [-0.3, -0.25) is 4.79 Å². The first-order chi connectivity index (χ1) is 11.2. The average Bonchev–Trinajstić information content (AvgIpc) is 3.18. The number of hydrogen-bond acceptors (Lipinski definition) is 6. The van der Waals surface area contributed by atoms with Gasteiger partial charge < -0.3 is 9.73 Å². The fourth-order valence-electron chi connectivity index (χ4n) is 1.84. The van der Waals surface area contributed by atoms with Gasteiger partial charge in [-0.15, -0.1) is 5.10 Å². The first-order valence-corrected chi connectivity index (χ1v) is 8.04. The molecule has 2 aromatic heterocycles. The van der Waals surface area contributed by atoms with Gasteiger partial charge in [-0.1, -0.05) is 29.4 Å². The topological polar surface area (TPSA) is 85.8 Å². The zero-order valence-electron chi connectivity index (χ0n) is 11.8. The SMILES string of the molecule is O=C(CSc1nnnn1Cc1ccco1)Nc1cccc(Cl)c1. The second kappa shape index (κ2) is 7.30. The van der Waals surface area contributed by atoms with Crippen molar-refractivity contribution in [3.05, 3.63) is 53.4 Å². The van der Waals surface area contributed by atoms with Gasteiger partial charge in [0.2, 0.25) is 11.1 Å². The summed E-state index contributed by atoms with van der Waals surface area (Å²) in [6.07, 6.45) is 1.59. The highest BCUT2D eigenvalue weighted by Gasteiger charge is 2.11. The van der Waals surface area contributed by atoms with E-state index in [1.165, 1.54) is 11.8 Å². The predicted octanol–water partition coefficient (Wildman–Crippen LogP) is 2.70. The molecule has 0 aliphatic rings. The van der Waals surface area contributed by atoms with Crippen LogP contribution in [0.5, 0.6) is 0 Å². The molecular weight excluding hydrogens is 338 g/mol. The Bertz CT molecular complexity index is 790. The van der Waals surface area contributed by atoms with Crippen molar-refractivity contribution in [2.24, 2.45) is 0 Å². The number of anilines is 1. The van der Waals surface area contributed by atoms with Gasteiger partial charge in [0.25, 0.3) is 0 Å². The number of amides is 1. The van der Waals surface area contributed by atoms with Crippen molar-refractivity contribution >= 4 is 35.0 Å². The molecule has 118 valence electrons. The third-order valence-electron chi connectivity index (χ3n) is 2.83. The van der Waals surface area contributed by atoms with Crippen LogP contribution in [0.15, 0.2) is 52.2 Å². The van der Waals surface area contributed by atoms with Crippen LogP contribution in [0.25, 0.3) is 0 Å². The van der Waals surface area contributed by atoms with E-state index in [9.17, 15) is 4.79 Å². The van der Waals surface area contributed by atoms with Crippen LogP contribution in [0.3, 0.4) is 0 Å². The van der Waals surface area contributed by atoms with Gasteiger partial charge in [0.1, 0.15) is 12.3 Å². The number of nitrogens with zero attached hydrogens (tertiary/aromatic N) is 4. The van der Waals surface area contributed by atoms with E-state index in [2.05, 4.69) is 20.8 Å². The number of rotatable bonds is 6. The van der Waals surface area contributed by atoms with Gasteiger partial charge in [-0.05, 0) is 40.8 Å². The number of hydrogen-bond donors (Lipinski definition) is 1. The second-order valence-corrected chi connectivity index (χ2v) is 5.92. The van der Waals surface area contributed by atoms with Crippen LogP contribution < -0.4 is 5.32 Å². The minimum atomic E-state index is -0.162. The van der Waals surface area contributed by atoms with Crippen LogP contribution in [0.1, 0.15) is 5.76 Å². The Morgan fingerprint density at radius 3 is 3.04 bits per heavy atom. The van der Waals surface area contributed by atoms with E-state index in [0.717, 1.165) is 5.76 Å². The number of thioether (sulfide) groups is 1. The molecule has 0 unspecified atom stereocenters. The molecule has 0 saturated carbocycles. The van der Waals surface area contributed by atoms with Gasteiger partial charge in [0, 0.05) is 10.7 Å². The standard InChI is InChI=1S/C14H12ClN5O2S/c15-10-3-1-4-11(7-10)16-13(21)9-23-14-17-18-19-20(14)8-12-5-2-6-22-12/h1-7H,8-9H2,(H,16,21). The molecule has 1 amide bonds. The van der Waals surface area contributed by atoms with Crippen molar-refractivity contribution in [1.29, 1.82) is 0 Å². The first-order valence-electron chi connectivity index (χ1n) is 6.67. The molecule has 0 aliphatic heterocycles. The Morgan fingerprint density at radius 2 is 2.26 bits per heavy atom. The van der Waals surface area contributed by atoms with Gasteiger partial charge in [-0.25, -0.2) is 4.68 Å². The van der Waals surface area contributed by atoms with E-state index in [1.807, 2.05) is 6.07 Å². The Morgan fingerprint density at radius 1 is 1.35 bits per heavy atom. The molecule has 9 heteroatoms. The summed E-state index contributed by atoms with van der Waals surface area (Å²) in [5.74, 6) is 0.762. The quantitative estimate of drug-likeness (QED) is 0.688. The van der Waals surface area contributed by atoms with Crippen molar-refractivity contribution < 1.29 is 9.21 Å². The summed E-state index contributed by atoms with van der Waals surface area (Å²) in [7, 11) is 0. The molecule has 3 aromatic rings. The largest absolute Gasteiger partial charge is 0.467 e. The van der Waals surface area contributed by atoms with E-state index in [-0.39, 0.29) is 11.7 Å². The Kier molecular flexibility index (Phi) is 4.94. The number of aromatic nitrogens is 4. The minimum Gasteiger partial charge on any atom is -0.467 e. The second-order valence-electron chi connectivity index (χ2n) is 4.55. The van der Waals surface area contributed by atoms with Gasteiger partial charge in [0.05, 0.1) is 12.0 Å². The van der Waals surface area contributed by atoms with Crippen LogP contribution in [-0.4, -0.2) is 31.9 Å². The monoisotopic (exact) mass is 349 g/mol. The third kappa shape index (κ3) is 4.33. The van der Waals surface area contributed by atoms with E-state index in [0.29, 0.717) is 22.4 Å². The molecule has 0 atom stereocenters. The number of tetrazole rings is 1. The molecular formula is C14H12ClN5O2S. The van der Waals surface area contributed by atoms with Gasteiger partial charge in [-0.2, -0.15) is 0 Å². The number of carbonyl (C=O) groups is 1. The molecule has 7 nitrogen and oxygen atoms in total. The molecule has 0 radical (unpaired) electrons. The molecule has 1 aromatic carbocycles. The Labute approximate surface area is 141 Å². The Balaban J connectivity index is 1.56. The molecule has 0 aliphatic carbocycles. The lowest BCUT2D eigenvalue weighted by atomic mass is 10.3. The summed E-state index contributed by atoms with van der Waals surface area (Å²) >= 11 is 7.13. The van der Waals surface area contributed by atoms with Crippen molar-refractivity contribution in [3.8, 4) is 0 Å². The molecule has 2 heterocycles. The van der Waals surface area contributed by atoms with Crippen LogP contribution in [0.2, 0.25) is 5.02 Å². The van der Waals surface area contributed by atoms with Crippen LogP contribution in [0, 0.1) is 0 Å². The molecule has 23 heavy (non-hydrogen) atoms. The summed E-state index contributed by atoms with van der Waals surface area (Å²) in [5.41, 5.74) is 0.651. The summed E-state index contributed by atoms with van der Waals surface area (Å²) in [6, 6.07) is 10.6. The summed E-state index contributed by atoms with van der Waals surface area (Å²) in [6.45, 7) is 0.415. The average molecular weight is 350 g/mol. The molecule has 0 fully saturated rings. The first kappa shape index (κ1) is 15.6. The van der Waals surface area contributed by atoms with Crippen molar-refractivity contribution in [1.82, 2.24) is 20.2 Å². The Hall–Kier alpha value is -2.32. The predicted molar refractivity (Wildman–Crippen MR) is 86.4 cm³/mol. The van der Waals surface area contributed by atoms with Crippen LogP contribution in [0.4, 0.5) is 5.69 Å². The molecule has 1 N–H and O–H groups in total. The van der Waals surface area contributed by atoms with E-state index < -0.39 is 0 Å². The normalized spacial score (nSPS) is 10.7. The van der Waals surface area contributed by atoms with Crippen LogP contribution in [-0.2, 0) is 11.3 Å². The molecule has 0 spiro atoms. The lowest BCUT2D eigenvalue weighted by molar-refractivity contribution is -0.113. The smallest absolute Gasteiger partial charge is 0.234 e. The van der Waals surface area contributed by atoms with E-state index >= 15 is 0 Å². The minimum absolute atomic E-state index is 0.162. The molecule has 0 saturated heterocycles. The van der Waals surface area contributed by atoms with E-state index in [1.54, 1.807) is 41.3 Å². The lowest BCUT2D eigenvalue weighted by Crippen LogP contribution is -2.14.